The molecule has 0 radical (unpaired) electrons. The van der Waals surface area contributed by atoms with Crippen LogP contribution >= 0.6 is 0 Å². The Hall–Kier alpha value is -3.28. The number of rotatable bonds is 4. The second kappa shape index (κ2) is 8.46. The van der Waals surface area contributed by atoms with Gasteiger partial charge in [-0.25, -0.2) is 13.8 Å². The quantitative estimate of drug-likeness (QED) is 0.816. The minimum Gasteiger partial charge on any atom is -0.369 e. The SMILES string of the molecule is CC(=O)C1C=C(c2ccc(C#N)c(F)c2)N(c2ccc(N3CCNCC3)cc2F)N1C. The Morgan fingerprint density at radius 2 is 1.87 bits per heavy atom. The highest BCUT2D eigenvalue weighted by molar-refractivity contribution is 5.92. The number of hydrogen-bond acceptors (Lipinski definition) is 6. The fourth-order valence-electron chi connectivity index (χ4n) is 4.07. The van der Waals surface area contributed by atoms with E-state index in [0.29, 0.717) is 11.3 Å². The van der Waals surface area contributed by atoms with E-state index in [9.17, 15) is 9.18 Å². The number of Topliss-reactive ketones (excluding diaryl/α,β-unsaturated/α-hetero) is 1. The molecular formula is C23H23F2N5O. The van der Waals surface area contributed by atoms with E-state index >= 15 is 4.39 Å². The van der Waals surface area contributed by atoms with Gasteiger partial charge in [-0.1, -0.05) is 6.07 Å². The fraction of sp³-hybridized carbons (Fsp3) is 0.304. The molecule has 0 aliphatic carbocycles. The lowest BCUT2D eigenvalue weighted by molar-refractivity contribution is -0.119. The van der Waals surface area contributed by atoms with Crippen LogP contribution in [0.1, 0.15) is 18.1 Å². The Balaban J connectivity index is 1.74. The Morgan fingerprint density at radius 1 is 1.13 bits per heavy atom. The number of benzene rings is 2. The number of carbonyl (C=O) groups excluding carboxylic acids is 1. The van der Waals surface area contributed by atoms with Crippen LogP contribution < -0.4 is 15.2 Å². The normalized spacial score (nSPS) is 19.3. The first kappa shape index (κ1) is 21.0. The van der Waals surface area contributed by atoms with Crippen LogP contribution in [0, 0.1) is 23.0 Å². The minimum absolute atomic E-state index is 0.0723. The first-order valence-electron chi connectivity index (χ1n) is 10.1. The topological polar surface area (TPSA) is 62.6 Å². The molecule has 0 saturated carbocycles. The molecule has 1 atom stereocenters. The summed E-state index contributed by atoms with van der Waals surface area (Å²) in [4.78, 5) is 14.3. The van der Waals surface area contributed by atoms with Crippen molar-refractivity contribution < 1.29 is 13.6 Å². The summed E-state index contributed by atoms with van der Waals surface area (Å²) < 4.78 is 29.6. The van der Waals surface area contributed by atoms with E-state index in [2.05, 4.69) is 10.2 Å². The molecule has 2 aromatic carbocycles. The molecule has 2 aliphatic rings. The molecule has 2 heterocycles. The van der Waals surface area contributed by atoms with Crippen molar-refractivity contribution in [3.63, 3.8) is 0 Å². The number of nitriles is 1. The monoisotopic (exact) mass is 423 g/mol. The zero-order valence-electron chi connectivity index (χ0n) is 17.4. The molecule has 8 heteroatoms. The molecule has 2 aromatic rings. The lowest BCUT2D eigenvalue weighted by atomic mass is 10.1. The number of nitrogens with zero attached hydrogens (tertiary/aromatic N) is 4. The van der Waals surface area contributed by atoms with Crippen molar-refractivity contribution in [1.29, 1.82) is 5.26 Å². The van der Waals surface area contributed by atoms with E-state index in [-0.39, 0.29) is 17.0 Å². The van der Waals surface area contributed by atoms with Crippen LogP contribution in [0.5, 0.6) is 0 Å². The van der Waals surface area contributed by atoms with Crippen molar-refractivity contribution in [2.45, 2.75) is 13.0 Å². The van der Waals surface area contributed by atoms with Gasteiger partial charge in [0.05, 0.1) is 16.9 Å². The summed E-state index contributed by atoms with van der Waals surface area (Å²) in [7, 11) is 1.69. The maximum Gasteiger partial charge on any atom is 0.152 e. The second-order valence-corrected chi connectivity index (χ2v) is 7.67. The molecule has 31 heavy (non-hydrogen) atoms. The largest absolute Gasteiger partial charge is 0.369 e. The molecule has 0 aromatic heterocycles. The molecule has 6 nitrogen and oxygen atoms in total. The molecule has 160 valence electrons. The first-order chi connectivity index (χ1) is 14.9. The van der Waals surface area contributed by atoms with Crippen molar-refractivity contribution in [2.75, 3.05) is 43.1 Å². The van der Waals surface area contributed by atoms with E-state index in [0.717, 1.165) is 31.9 Å². The number of anilines is 2. The van der Waals surface area contributed by atoms with Gasteiger partial charge in [0.1, 0.15) is 23.7 Å². The van der Waals surface area contributed by atoms with Crippen molar-refractivity contribution in [2.24, 2.45) is 0 Å². The van der Waals surface area contributed by atoms with Gasteiger partial charge in [-0.15, -0.1) is 0 Å². The zero-order valence-corrected chi connectivity index (χ0v) is 17.4. The summed E-state index contributed by atoms with van der Waals surface area (Å²) in [6, 6.07) is 10.4. The number of likely N-dealkylation sites (N-methyl/N-ethyl adjacent to an activating group) is 1. The number of ketones is 1. The molecular weight excluding hydrogens is 400 g/mol. The van der Waals surface area contributed by atoms with E-state index in [4.69, 9.17) is 5.26 Å². The highest BCUT2D eigenvalue weighted by Crippen LogP contribution is 2.37. The lowest BCUT2D eigenvalue weighted by Crippen LogP contribution is -2.44. The second-order valence-electron chi connectivity index (χ2n) is 7.67. The van der Waals surface area contributed by atoms with Crippen molar-refractivity contribution >= 4 is 22.9 Å². The summed E-state index contributed by atoms with van der Waals surface area (Å²) in [5.41, 5.74) is 1.93. The van der Waals surface area contributed by atoms with E-state index < -0.39 is 17.7 Å². The van der Waals surface area contributed by atoms with Gasteiger partial charge < -0.3 is 10.2 Å². The molecule has 4 rings (SSSR count). The average molecular weight is 423 g/mol. The van der Waals surface area contributed by atoms with Crippen LogP contribution in [-0.4, -0.2) is 50.1 Å². The maximum atomic E-state index is 15.3. The number of hydrazine groups is 1. The third-order valence-electron chi connectivity index (χ3n) is 5.71. The molecule has 0 amide bonds. The highest BCUT2D eigenvalue weighted by atomic mass is 19.1. The number of carbonyl (C=O) groups is 1. The zero-order chi connectivity index (χ0) is 22.1. The van der Waals surface area contributed by atoms with Gasteiger partial charge in [0.25, 0.3) is 0 Å². The number of piperazine rings is 1. The van der Waals surface area contributed by atoms with Gasteiger partial charge in [-0.05, 0) is 43.3 Å². The van der Waals surface area contributed by atoms with Crippen molar-refractivity contribution in [3.05, 3.63) is 65.2 Å². The maximum absolute atomic E-state index is 15.3. The van der Waals surface area contributed by atoms with E-state index in [1.54, 1.807) is 41.3 Å². The van der Waals surface area contributed by atoms with Crippen molar-refractivity contribution in [1.82, 2.24) is 10.3 Å². The Kier molecular flexibility index (Phi) is 5.72. The predicted molar refractivity (Wildman–Crippen MR) is 115 cm³/mol. The summed E-state index contributed by atoms with van der Waals surface area (Å²) >= 11 is 0. The van der Waals surface area contributed by atoms with Gasteiger partial charge in [0.15, 0.2) is 5.78 Å². The number of hydrogen-bond donors (Lipinski definition) is 1. The van der Waals surface area contributed by atoms with Gasteiger partial charge >= 0.3 is 0 Å². The van der Waals surface area contributed by atoms with Crippen molar-refractivity contribution in [3.8, 4) is 6.07 Å². The third kappa shape index (κ3) is 3.90. The van der Waals surface area contributed by atoms with Crippen LogP contribution in [-0.2, 0) is 4.79 Å². The standard InChI is InChI=1S/C23H23F2N5O/c1-15(31)22-13-23(16-3-4-17(14-26)19(24)11-16)30(28(22)2)21-6-5-18(12-20(21)25)29-9-7-27-8-10-29/h3-6,11-13,22,27H,7-10H2,1-2H3. The smallest absolute Gasteiger partial charge is 0.152 e. The molecule has 2 aliphatic heterocycles. The summed E-state index contributed by atoms with van der Waals surface area (Å²) in [6.07, 6.45) is 1.69. The van der Waals surface area contributed by atoms with Crippen LogP contribution in [0.15, 0.2) is 42.5 Å². The summed E-state index contributed by atoms with van der Waals surface area (Å²) in [5, 5.41) is 15.5. The van der Waals surface area contributed by atoms with Crippen LogP contribution in [0.4, 0.5) is 20.2 Å². The fourth-order valence-corrected chi connectivity index (χ4v) is 4.07. The summed E-state index contributed by atoms with van der Waals surface area (Å²) in [5.74, 6) is -1.22. The average Bonchev–Trinajstić information content (AvgIpc) is 3.11. The molecule has 1 N–H and O–H groups in total. The Bertz CT molecular complexity index is 1090. The Morgan fingerprint density at radius 3 is 2.48 bits per heavy atom. The Labute approximate surface area is 179 Å². The third-order valence-corrected chi connectivity index (χ3v) is 5.71. The minimum atomic E-state index is -0.663. The lowest BCUT2D eigenvalue weighted by Gasteiger charge is -2.33. The van der Waals surface area contributed by atoms with E-state index in [1.807, 2.05) is 6.07 Å². The number of nitrogens with one attached hydrogen (secondary N) is 1. The van der Waals surface area contributed by atoms with Gasteiger partial charge in [-0.2, -0.15) is 5.26 Å². The molecule has 0 bridgehead atoms. The first-order valence-corrected chi connectivity index (χ1v) is 10.1. The van der Waals surface area contributed by atoms with Gasteiger partial charge in [-0.3, -0.25) is 9.80 Å². The highest BCUT2D eigenvalue weighted by Gasteiger charge is 2.35. The van der Waals surface area contributed by atoms with E-state index in [1.165, 1.54) is 25.1 Å². The van der Waals surface area contributed by atoms with Gasteiger partial charge in [0, 0.05) is 44.5 Å². The predicted octanol–water partition coefficient (Wildman–Crippen LogP) is 2.91. The van der Waals surface area contributed by atoms with Crippen LogP contribution in [0.3, 0.4) is 0 Å². The molecule has 1 saturated heterocycles. The van der Waals surface area contributed by atoms with Crippen LogP contribution in [0.25, 0.3) is 5.70 Å². The number of halogens is 2. The molecule has 0 spiro atoms. The molecule has 1 fully saturated rings. The van der Waals surface area contributed by atoms with Gasteiger partial charge in [0.2, 0.25) is 0 Å². The molecule has 1 unspecified atom stereocenters. The summed E-state index contributed by atoms with van der Waals surface area (Å²) in [6.45, 7) is 4.74. The van der Waals surface area contributed by atoms with Crippen LogP contribution in [0.2, 0.25) is 0 Å².